The van der Waals surface area contributed by atoms with E-state index in [-0.39, 0.29) is 18.0 Å². The van der Waals surface area contributed by atoms with E-state index in [1.54, 1.807) is 0 Å². The maximum Gasteiger partial charge on any atom is 0.255 e. The number of hydrogen-bond acceptors (Lipinski definition) is 2. The number of nitriles is 1. The van der Waals surface area contributed by atoms with Gasteiger partial charge in [0.05, 0.1) is 12.5 Å². The Hall–Kier alpha value is -1.56. The van der Waals surface area contributed by atoms with Crippen LogP contribution in [-0.2, 0) is 19.3 Å². The lowest BCUT2D eigenvalue weighted by Gasteiger charge is -2.19. The highest BCUT2D eigenvalue weighted by molar-refractivity contribution is 5.32. The maximum atomic E-state index is 12.3. The molecule has 1 aromatic rings. The van der Waals surface area contributed by atoms with E-state index in [2.05, 4.69) is 19.9 Å². The molecule has 0 amide bonds. The third-order valence-electron chi connectivity index (χ3n) is 3.66. The molecule has 1 aromatic heterocycles. The quantitative estimate of drug-likeness (QED) is 0.800. The van der Waals surface area contributed by atoms with Crippen LogP contribution in [0.1, 0.15) is 49.6 Å². The standard InChI is InChI=1S/C14H18N2O/c1-3-10(2)16-13-6-4-5-11(13)9-12(7-8-15)14(16)17/h9-10H,3-7H2,1-2H3. The third-order valence-corrected chi connectivity index (χ3v) is 3.66. The van der Waals surface area contributed by atoms with Crippen molar-refractivity contribution >= 4 is 0 Å². The van der Waals surface area contributed by atoms with Crippen LogP contribution < -0.4 is 5.56 Å². The number of pyridine rings is 1. The fourth-order valence-corrected chi connectivity index (χ4v) is 2.59. The molecule has 0 N–H and O–H groups in total. The maximum absolute atomic E-state index is 12.3. The summed E-state index contributed by atoms with van der Waals surface area (Å²) in [5.41, 5.74) is 3.18. The van der Waals surface area contributed by atoms with Crippen LogP contribution >= 0.6 is 0 Å². The molecule has 0 bridgehead atoms. The minimum atomic E-state index is 0.0431. The van der Waals surface area contributed by atoms with Crippen molar-refractivity contribution in [2.75, 3.05) is 0 Å². The Morgan fingerprint density at radius 2 is 2.29 bits per heavy atom. The Balaban J connectivity index is 2.63. The van der Waals surface area contributed by atoms with Crippen molar-refractivity contribution in [3.05, 3.63) is 33.2 Å². The second-order valence-corrected chi connectivity index (χ2v) is 4.76. The summed E-state index contributed by atoms with van der Waals surface area (Å²) in [7, 11) is 0. The van der Waals surface area contributed by atoms with Crippen LogP contribution in [0.25, 0.3) is 0 Å². The fourth-order valence-electron chi connectivity index (χ4n) is 2.59. The van der Waals surface area contributed by atoms with E-state index < -0.39 is 0 Å². The summed E-state index contributed by atoms with van der Waals surface area (Å²) in [6.07, 6.45) is 4.35. The SMILES string of the molecule is CCC(C)n1c2c(cc(CC#N)c1=O)CCC2. The summed E-state index contributed by atoms with van der Waals surface area (Å²) in [5, 5.41) is 8.78. The fraction of sp³-hybridized carbons (Fsp3) is 0.571. The van der Waals surface area contributed by atoms with Gasteiger partial charge in [0, 0.05) is 17.3 Å². The topological polar surface area (TPSA) is 45.8 Å². The van der Waals surface area contributed by atoms with Crippen LogP contribution in [0, 0.1) is 11.3 Å². The number of aryl methyl sites for hydroxylation is 1. The zero-order chi connectivity index (χ0) is 12.4. The highest BCUT2D eigenvalue weighted by Crippen LogP contribution is 2.24. The molecule has 2 rings (SSSR count). The Labute approximate surface area is 102 Å². The monoisotopic (exact) mass is 230 g/mol. The molecule has 1 aliphatic carbocycles. The van der Waals surface area contributed by atoms with Crippen LogP contribution in [0.4, 0.5) is 0 Å². The van der Waals surface area contributed by atoms with Gasteiger partial charge in [-0.1, -0.05) is 6.92 Å². The first-order valence-electron chi connectivity index (χ1n) is 6.32. The van der Waals surface area contributed by atoms with Crippen molar-refractivity contribution in [1.82, 2.24) is 4.57 Å². The molecule has 0 aromatic carbocycles. The molecule has 1 unspecified atom stereocenters. The zero-order valence-electron chi connectivity index (χ0n) is 10.5. The highest BCUT2D eigenvalue weighted by Gasteiger charge is 2.20. The van der Waals surface area contributed by atoms with Gasteiger partial charge in [-0.15, -0.1) is 0 Å². The van der Waals surface area contributed by atoms with Crippen LogP contribution in [0.5, 0.6) is 0 Å². The average molecular weight is 230 g/mol. The molecule has 1 atom stereocenters. The molecule has 0 saturated heterocycles. The van der Waals surface area contributed by atoms with Gasteiger partial charge in [-0.2, -0.15) is 5.26 Å². The molecule has 17 heavy (non-hydrogen) atoms. The largest absolute Gasteiger partial charge is 0.309 e. The minimum absolute atomic E-state index is 0.0431. The number of hydrogen-bond donors (Lipinski definition) is 0. The predicted octanol–water partition coefficient (Wildman–Crippen LogP) is 2.37. The van der Waals surface area contributed by atoms with Crippen LogP contribution in [0.2, 0.25) is 0 Å². The number of aromatic nitrogens is 1. The Bertz CT molecular complexity index is 522. The third kappa shape index (κ3) is 2.00. The zero-order valence-corrected chi connectivity index (χ0v) is 10.5. The van der Waals surface area contributed by atoms with E-state index in [1.807, 2.05) is 10.6 Å². The number of fused-ring (bicyclic) bond motifs is 1. The molecule has 3 nitrogen and oxygen atoms in total. The Morgan fingerprint density at radius 1 is 1.53 bits per heavy atom. The van der Waals surface area contributed by atoms with Gasteiger partial charge in [-0.3, -0.25) is 4.79 Å². The van der Waals surface area contributed by atoms with Crippen molar-refractivity contribution in [3.8, 4) is 6.07 Å². The van der Waals surface area contributed by atoms with E-state index in [1.165, 1.54) is 11.3 Å². The van der Waals surface area contributed by atoms with Crippen LogP contribution in [0.15, 0.2) is 10.9 Å². The normalized spacial score (nSPS) is 15.4. The molecule has 0 saturated carbocycles. The van der Waals surface area contributed by atoms with Gasteiger partial charge in [0.25, 0.3) is 5.56 Å². The summed E-state index contributed by atoms with van der Waals surface area (Å²) in [5.74, 6) is 0. The molecule has 0 fully saturated rings. The Morgan fingerprint density at radius 3 is 2.94 bits per heavy atom. The van der Waals surface area contributed by atoms with Crippen molar-refractivity contribution < 1.29 is 0 Å². The molecule has 90 valence electrons. The molecule has 0 spiro atoms. The van der Waals surface area contributed by atoms with Crippen molar-refractivity contribution in [2.24, 2.45) is 0 Å². The van der Waals surface area contributed by atoms with Gasteiger partial charge in [0.2, 0.25) is 0 Å². The van der Waals surface area contributed by atoms with E-state index in [4.69, 9.17) is 5.26 Å². The second-order valence-electron chi connectivity index (χ2n) is 4.76. The van der Waals surface area contributed by atoms with Crippen LogP contribution in [0.3, 0.4) is 0 Å². The molecule has 0 radical (unpaired) electrons. The van der Waals surface area contributed by atoms with E-state index in [0.29, 0.717) is 5.56 Å². The van der Waals surface area contributed by atoms with Crippen LogP contribution in [-0.4, -0.2) is 4.57 Å². The first-order chi connectivity index (χ1) is 8.19. The minimum Gasteiger partial charge on any atom is -0.309 e. The Kier molecular flexibility index (Phi) is 3.33. The van der Waals surface area contributed by atoms with E-state index in [9.17, 15) is 4.79 Å². The van der Waals surface area contributed by atoms with E-state index >= 15 is 0 Å². The lowest BCUT2D eigenvalue weighted by Crippen LogP contribution is -2.29. The summed E-state index contributed by atoms with van der Waals surface area (Å²) < 4.78 is 1.93. The molecule has 3 heteroatoms. The molecular weight excluding hydrogens is 212 g/mol. The summed E-state index contributed by atoms with van der Waals surface area (Å²) in [4.78, 5) is 12.3. The molecule has 0 aliphatic heterocycles. The van der Waals surface area contributed by atoms with Gasteiger partial charge < -0.3 is 4.57 Å². The van der Waals surface area contributed by atoms with Gasteiger partial charge in [0.1, 0.15) is 0 Å². The number of rotatable bonds is 3. The molecule has 1 aliphatic rings. The lowest BCUT2D eigenvalue weighted by atomic mass is 10.1. The molecular formula is C14H18N2O. The van der Waals surface area contributed by atoms with Gasteiger partial charge in [0.15, 0.2) is 0 Å². The number of nitrogens with zero attached hydrogens (tertiary/aromatic N) is 2. The van der Waals surface area contributed by atoms with Crippen molar-refractivity contribution in [3.63, 3.8) is 0 Å². The van der Waals surface area contributed by atoms with Gasteiger partial charge in [-0.05, 0) is 44.2 Å². The average Bonchev–Trinajstić information content (AvgIpc) is 2.77. The predicted molar refractivity (Wildman–Crippen MR) is 67.0 cm³/mol. The summed E-state index contributed by atoms with van der Waals surface area (Å²) >= 11 is 0. The van der Waals surface area contributed by atoms with Gasteiger partial charge >= 0.3 is 0 Å². The second kappa shape index (κ2) is 4.75. The first kappa shape index (κ1) is 11.9. The smallest absolute Gasteiger partial charge is 0.255 e. The van der Waals surface area contributed by atoms with Crippen molar-refractivity contribution in [2.45, 2.75) is 52.0 Å². The summed E-state index contributed by atoms with van der Waals surface area (Å²) in [6, 6.07) is 4.27. The van der Waals surface area contributed by atoms with Gasteiger partial charge in [-0.25, -0.2) is 0 Å². The highest BCUT2D eigenvalue weighted by atomic mass is 16.1. The molecule has 1 heterocycles. The first-order valence-corrected chi connectivity index (χ1v) is 6.32. The van der Waals surface area contributed by atoms with E-state index in [0.717, 1.165) is 25.7 Å². The van der Waals surface area contributed by atoms with Crippen molar-refractivity contribution in [1.29, 1.82) is 5.26 Å². The lowest BCUT2D eigenvalue weighted by molar-refractivity contribution is 0.494. The summed E-state index contributed by atoms with van der Waals surface area (Å²) in [6.45, 7) is 4.17.